The van der Waals surface area contributed by atoms with E-state index in [9.17, 15) is 47.5 Å². The summed E-state index contributed by atoms with van der Waals surface area (Å²) in [5.74, 6) is 0. The molecule has 0 bridgehead atoms. The maximum atomic E-state index is 12.6. The third kappa shape index (κ3) is 12.5. The van der Waals surface area contributed by atoms with Crippen LogP contribution in [0.5, 0.6) is 0 Å². The summed E-state index contributed by atoms with van der Waals surface area (Å²) in [5.41, 5.74) is 0.318. The van der Waals surface area contributed by atoms with E-state index in [1.165, 1.54) is 17.8 Å². The van der Waals surface area contributed by atoms with E-state index in [-0.39, 0.29) is 19.4 Å². The van der Waals surface area contributed by atoms with Gasteiger partial charge in [-0.15, -0.1) is 5.10 Å². The standard InChI is InChI=1S/C18H36N3O20P5/c1-11-15(7-14(37-11)9-35-45(29,30)41-46(31,32)40-42(4,23)24)21-8-13(19-20-21)5-6-34-44(27,28)39-18-16(38-12(2)17(18)22)10-36-43(25,26)33-3/h8,11-12,14-18,22H,5-7,9-10H2,1-4H3,(H,23,24)(H,25,26)(H,27,28)(H,29,30)(H,31,32)/t11-,12-,14-,15-,16+,17?,18-/m0/s1. The minimum atomic E-state index is -5.42. The molecule has 0 radical (unpaired) electrons. The monoisotopic (exact) mass is 769 g/mol. The molecule has 23 nitrogen and oxygen atoms in total. The highest BCUT2D eigenvalue weighted by atomic mass is 31.3. The number of aliphatic hydroxyl groups is 1. The molecule has 12 atom stereocenters. The molecule has 6 N–H and O–H groups in total. The van der Waals surface area contributed by atoms with Gasteiger partial charge in [-0.1, -0.05) is 5.21 Å². The molecule has 2 saturated heterocycles. The molecule has 0 amide bonds. The topological polar surface area (TPSA) is 321 Å². The van der Waals surface area contributed by atoms with Crippen molar-refractivity contribution in [1.82, 2.24) is 15.0 Å². The number of nitrogens with zero attached hydrogens (tertiary/aromatic N) is 3. The van der Waals surface area contributed by atoms with Crippen molar-refractivity contribution in [2.75, 3.05) is 33.6 Å². The first-order chi connectivity index (χ1) is 21.0. The number of rotatable bonds is 18. The van der Waals surface area contributed by atoms with Gasteiger partial charge in [0.25, 0.3) is 0 Å². The molecule has 1 aromatic heterocycles. The van der Waals surface area contributed by atoms with Gasteiger partial charge >= 0.3 is 38.9 Å². The first-order valence-corrected chi connectivity index (χ1v) is 21.1. The van der Waals surface area contributed by atoms with Gasteiger partial charge in [-0.05, 0) is 13.8 Å². The molecule has 0 aromatic carbocycles. The minimum absolute atomic E-state index is 0.0244. The van der Waals surface area contributed by atoms with E-state index >= 15 is 0 Å². The van der Waals surface area contributed by atoms with Gasteiger partial charge in [0.05, 0.1) is 49.9 Å². The van der Waals surface area contributed by atoms with Crippen molar-refractivity contribution in [1.29, 1.82) is 0 Å². The molecule has 2 fully saturated rings. The zero-order valence-corrected chi connectivity index (χ0v) is 29.1. The number of ether oxygens (including phenoxy) is 2. The number of aliphatic hydroxyl groups excluding tert-OH is 1. The fourth-order valence-corrected chi connectivity index (χ4v) is 9.22. The number of phosphoric ester groups is 3. The van der Waals surface area contributed by atoms with Crippen LogP contribution in [0.4, 0.5) is 0 Å². The van der Waals surface area contributed by atoms with E-state index in [1.807, 2.05) is 0 Å². The van der Waals surface area contributed by atoms with Crippen molar-refractivity contribution in [2.45, 2.75) is 69.4 Å². The summed E-state index contributed by atoms with van der Waals surface area (Å²) in [6.45, 7) is 2.10. The molecule has 46 heavy (non-hydrogen) atoms. The van der Waals surface area contributed by atoms with Crippen molar-refractivity contribution in [3.05, 3.63) is 11.9 Å². The summed E-state index contributed by atoms with van der Waals surface area (Å²) in [4.78, 5) is 47.8. The average Bonchev–Trinajstić information content (AvgIpc) is 3.58. The number of aromatic nitrogens is 3. The number of phosphoric acid groups is 4. The van der Waals surface area contributed by atoms with E-state index < -0.39 is 94.8 Å². The Morgan fingerprint density at radius 3 is 2.17 bits per heavy atom. The highest BCUT2D eigenvalue weighted by molar-refractivity contribution is 7.68. The summed E-state index contributed by atoms with van der Waals surface area (Å²) < 4.78 is 103. The zero-order chi connectivity index (χ0) is 34.7. The minimum Gasteiger partial charge on any atom is -0.388 e. The van der Waals surface area contributed by atoms with Crippen LogP contribution < -0.4 is 0 Å². The third-order valence-corrected chi connectivity index (χ3v) is 12.4. The fraction of sp³-hybridized carbons (Fsp3) is 0.889. The molecule has 3 rings (SSSR count). The van der Waals surface area contributed by atoms with Gasteiger partial charge in [-0.2, -0.15) is 4.31 Å². The summed E-state index contributed by atoms with van der Waals surface area (Å²) in [5, 5.41) is 18.3. The Kier molecular flexibility index (Phi) is 13.7. The quantitative estimate of drug-likeness (QED) is 0.113. The molecule has 1 aromatic rings. The molecule has 0 aliphatic carbocycles. The lowest BCUT2D eigenvalue weighted by Crippen LogP contribution is -2.36. The Bertz CT molecular complexity index is 1420. The van der Waals surface area contributed by atoms with E-state index in [2.05, 4.69) is 28.0 Å². The average molecular weight is 769 g/mol. The van der Waals surface area contributed by atoms with Crippen LogP contribution in [0, 0.1) is 0 Å². The van der Waals surface area contributed by atoms with Gasteiger partial charge in [0, 0.05) is 32.8 Å². The molecule has 2 aliphatic heterocycles. The smallest absolute Gasteiger partial charge is 0.388 e. The SMILES string of the molecule is COP(=O)(O)OC[C@H]1O[C@@H](C)C(O)[C@H]1OP(=O)(O)OCCc1cn([C@H]2C[C@@H](COP(=O)(O)OP(=O)(O)OP(C)(=O)O)O[C@H]2C)nn1. The van der Waals surface area contributed by atoms with Crippen molar-refractivity contribution < 1.29 is 93.1 Å². The van der Waals surface area contributed by atoms with E-state index in [0.29, 0.717) is 12.4 Å². The lowest BCUT2D eigenvalue weighted by molar-refractivity contribution is -0.0201. The summed E-state index contributed by atoms with van der Waals surface area (Å²) in [6, 6.07) is -0.466. The number of hydrogen-bond acceptors (Lipinski definition) is 17. The van der Waals surface area contributed by atoms with Crippen LogP contribution in [0.25, 0.3) is 0 Å². The van der Waals surface area contributed by atoms with Crippen molar-refractivity contribution in [2.24, 2.45) is 0 Å². The zero-order valence-electron chi connectivity index (χ0n) is 24.6. The maximum Gasteiger partial charge on any atom is 0.488 e. The van der Waals surface area contributed by atoms with Crippen LogP contribution in [0.2, 0.25) is 0 Å². The largest absolute Gasteiger partial charge is 0.488 e. The second kappa shape index (κ2) is 15.7. The molecular formula is C18H36N3O20P5. The second-order valence-corrected chi connectivity index (χ2v) is 18.1. The van der Waals surface area contributed by atoms with Crippen molar-refractivity contribution in [3.63, 3.8) is 0 Å². The molecule has 3 heterocycles. The van der Waals surface area contributed by atoms with Crippen LogP contribution >= 0.6 is 38.9 Å². The Hall–Kier alpha value is -0.310. The maximum absolute atomic E-state index is 12.6. The van der Waals surface area contributed by atoms with Crippen LogP contribution in [0.15, 0.2) is 6.20 Å². The summed E-state index contributed by atoms with van der Waals surface area (Å²) >= 11 is 0. The predicted octanol–water partition coefficient (Wildman–Crippen LogP) is 1.02. The lowest BCUT2D eigenvalue weighted by atomic mass is 10.1. The summed E-state index contributed by atoms with van der Waals surface area (Å²) in [7, 11) is -23.5. The fourth-order valence-electron chi connectivity index (χ4n) is 4.32. The normalized spacial score (nSPS) is 33.5. The van der Waals surface area contributed by atoms with Crippen molar-refractivity contribution in [3.8, 4) is 0 Å². The molecule has 28 heteroatoms. The molecule has 0 saturated carbocycles. The van der Waals surface area contributed by atoms with Gasteiger partial charge in [0.1, 0.15) is 18.3 Å². The predicted molar refractivity (Wildman–Crippen MR) is 149 cm³/mol. The van der Waals surface area contributed by atoms with E-state index in [4.69, 9.17) is 27.9 Å². The molecule has 6 unspecified atom stereocenters. The Labute approximate surface area is 262 Å². The Morgan fingerprint density at radius 1 is 0.891 bits per heavy atom. The molecule has 268 valence electrons. The first-order valence-electron chi connectivity index (χ1n) is 13.1. The van der Waals surface area contributed by atoms with Gasteiger partial charge in [0.2, 0.25) is 0 Å². The lowest BCUT2D eigenvalue weighted by Gasteiger charge is -2.23. The Balaban J connectivity index is 1.49. The third-order valence-electron chi connectivity index (χ3n) is 6.31. The van der Waals surface area contributed by atoms with Crippen molar-refractivity contribution >= 4 is 38.9 Å². The van der Waals surface area contributed by atoms with Gasteiger partial charge in [-0.25, -0.2) is 27.3 Å². The number of hydrogen-bond donors (Lipinski definition) is 6. The van der Waals surface area contributed by atoms with Crippen LogP contribution in [0.1, 0.15) is 32.0 Å². The van der Waals surface area contributed by atoms with E-state index in [0.717, 1.165) is 7.11 Å². The Morgan fingerprint density at radius 2 is 1.54 bits per heavy atom. The molecular weight excluding hydrogens is 733 g/mol. The van der Waals surface area contributed by atoms with Crippen LogP contribution in [-0.2, 0) is 70.0 Å². The van der Waals surface area contributed by atoms with Crippen LogP contribution in [0.3, 0.4) is 0 Å². The molecule has 0 spiro atoms. The van der Waals surface area contributed by atoms with E-state index in [1.54, 1.807) is 6.92 Å². The molecule has 2 aliphatic rings. The highest BCUT2D eigenvalue weighted by Gasteiger charge is 2.47. The highest BCUT2D eigenvalue weighted by Crippen LogP contribution is 2.66. The van der Waals surface area contributed by atoms with Gasteiger partial charge in [-0.3, -0.25) is 27.2 Å². The van der Waals surface area contributed by atoms with Gasteiger partial charge in [0.15, 0.2) is 0 Å². The van der Waals surface area contributed by atoms with Crippen LogP contribution in [-0.4, -0.2) is 115 Å². The first kappa shape index (κ1) is 40.1. The second-order valence-electron chi connectivity index (χ2n) is 10.1. The van der Waals surface area contributed by atoms with Gasteiger partial charge < -0.3 is 39.0 Å². The summed E-state index contributed by atoms with van der Waals surface area (Å²) in [6.07, 6.45) is -4.64.